The van der Waals surface area contributed by atoms with Gasteiger partial charge in [0.1, 0.15) is 11.4 Å². The first-order valence-corrected chi connectivity index (χ1v) is 11.0. The molecule has 29 heavy (non-hydrogen) atoms. The monoisotopic (exact) mass is 391 g/mol. The highest BCUT2D eigenvalue weighted by atomic mass is 16.5. The van der Waals surface area contributed by atoms with Gasteiger partial charge < -0.3 is 15.0 Å². The van der Waals surface area contributed by atoms with Crippen molar-refractivity contribution < 1.29 is 9.53 Å². The molecule has 1 saturated carbocycles. The average molecular weight is 392 g/mol. The number of carbonyl (C=O) groups is 1. The molecule has 2 amide bonds. The summed E-state index contributed by atoms with van der Waals surface area (Å²) in [4.78, 5) is 19.5. The van der Waals surface area contributed by atoms with E-state index in [1.165, 1.54) is 12.0 Å². The van der Waals surface area contributed by atoms with Gasteiger partial charge >= 0.3 is 6.03 Å². The molecule has 0 bridgehead atoms. The van der Waals surface area contributed by atoms with E-state index in [0.29, 0.717) is 5.92 Å². The van der Waals surface area contributed by atoms with Crippen LogP contribution < -0.4 is 10.1 Å². The highest BCUT2D eigenvalue weighted by molar-refractivity contribution is 5.75. The van der Waals surface area contributed by atoms with E-state index in [2.05, 4.69) is 28.5 Å². The van der Waals surface area contributed by atoms with E-state index in [-0.39, 0.29) is 17.7 Å². The van der Waals surface area contributed by atoms with Crippen LogP contribution in [0.25, 0.3) is 0 Å². The number of para-hydroxylation sites is 1. The van der Waals surface area contributed by atoms with Crippen molar-refractivity contribution in [3.63, 3.8) is 0 Å². The van der Waals surface area contributed by atoms with E-state index >= 15 is 0 Å². The molecule has 1 spiro atoms. The van der Waals surface area contributed by atoms with Gasteiger partial charge in [0, 0.05) is 32.1 Å². The molecule has 2 aromatic rings. The molecule has 1 atom stereocenters. The molecule has 1 aliphatic carbocycles. The second-order valence-corrected chi connectivity index (χ2v) is 8.75. The topological polar surface area (TPSA) is 54.5 Å². The van der Waals surface area contributed by atoms with Crippen LogP contribution in [0.2, 0.25) is 0 Å². The van der Waals surface area contributed by atoms with Gasteiger partial charge in [0.15, 0.2) is 0 Å². The molecule has 1 unspecified atom stereocenters. The molecular weight excluding hydrogens is 362 g/mol. The Hall–Kier alpha value is -2.56. The van der Waals surface area contributed by atoms with Gasteiger partial charge in [0.2, 0.25) is 0 Å². The summed E-state index contributed by atoms with van der Waals surface area (Å²) >= 11 is 0. The number of nitrogens with one attached hydrogen (secondary N) is 1. The minimum Gasteiger partial charge on any atom is -0.487 e. The van der Waals surface area contributed by atoms with Crippen LogP contribution in [0.1, 0.15) is 55.8 Å². The largest absolute Gasteiger partial charge is 0.487 e. The Kier molecular flexibility index (Phi) is 4.90. The summed E-state index contributed by atoms with van der Waals surface area (Å²) in [6.07, 6.45) is 9.28. The van der Waals surface area contributed by atoms with Gasteiger partial charge in [-0.3, -0.25) is 4.98 Å². The first kappa shape index (κ1) is 18.5. The molecule has 3 heterocycles. The minimum absolute atomic E-state index is 0.0196. The summed E-state index contributed by atoms with van der Waals surface area (Å²) in [7, 11) is 0. The zero-order valence-corrected chi connectivity index (χ0v) is 16.8. The Labute approximate surface area is 172 Å². The highest BCUT2D eigenvalue weighted by Gasteiger charge is 2.41. The van der Waals surface area contributed by atoms with Crippen LogP contribution in [-0.4, -0.2) is 34.6 Å². The summed E-state index contributed by atoms with van der Waals surface area (Å²) < 4.78 is 6.44. The van der Waals surface area contributed by atoms with Gasteiger partial charge in [-0.25, -0.2) is 4.79 Å². The standard InChI is InChI=1S/C24H29N3O2/c28-23(26-22(19-7-5-8-19)20-9-3-4-15-25-20)27-16-13-24(14-17-27)12-11-18-6-1-2-10-21(18)29-24/h1-4,6,9-10,15,19,22H,5,7-8,11-14,16-17H2,(H,26,28). The second-order valence-electron chi connectivity index (χ2n) is 8.75. The Morgan fingerprint density at radius 1 is 1.10 bits per heavy atom. The van der Waals surface area contributed by atoms with Gasteiger partial charge in [-0.15, -0.1) is 0 Å². The number of likely N-dealkylation sites (tertiary alicyclic amines) is 1. The fraction of sp³-hybridized carbons (Fsp3) is 0.500. The van der Waals surface area contributed by atoms with Crippen LogP contribution in [-0.2, 0) is 6.42 Å². The summed E-state index contributed by atoms with van der Waals surface area (Å²) in [6, 6.07) is 14.4. The number of pyridine rings is 1. The summed E-state index contributed by atoms with van der Waals surface area (Å²) in [5.74, 6) is 1.53. The summed E-state index contributed by atoms with van der Waals surface area (Å²) in [5, 5.41) is 3.30. The average Bonchev–Trinajstić information content (AvgIpc) is 2.73. The van der Waals surface area contributed by atoms with Gasteiger partial charge in [-0.1, -0.05) is 30.7 Å². The maximum absolute atomic E-state index is 13.0. The normalized spacial score (nSPS) is 21.6. The number of piperidine rings is 1. The number of hydrogen-bond donors (Lipinski definition) is 1. The van der Waals surface area contributed by atoms with Crippen molar-refractivity contribution >= 4 is 6.03 Å². The van der Waals surface area contributed by atoms with Crippen LogP contribution in [0.4, 0.5) is 4.79 Å². The maximum atomic E-state index is 13.0. The van der Waals surface area contributed by atoms with Crippen LogP contribution in [0.15, 0.2) is 48.7 Å². The lowest BCUT2D eigenvalue weighted by Gasteiger charge is -2.45. The zero-order chi connectivity index (χ0) is 19.7. The number of nitrogens with zero attached hydrogens (tertiary/aromatic N) is 2. The van der Waals surface area contributed by atoms with Crippen molar-refractivity contribution in [1.82, 2.24) is 15.2 Å². The van der Waals surface area contributed by atoms with Gasteiger partial charge in [0.05, 0.1) is 11.7 Å². The van der Waals surface area contributed by atoms with Gasteiger partial charge in [-0.2, -0.15) is 0 Å². The molecule has 0 radical (unpaired) electrons. The SMILES string of the molecule is O=C(NC(c1ccccn1)C1CCC1)N1CCC2(CCc3ccccc3O2)CC1. The summed E-state index contributed by atoms with van der Waals surface area (Å²) in [5.41, 5.74) is 2.17. The van der Waals surface area contributed by atoms with Crippen molar-refractivity contribution in [2.24, 2.45) is 5.92 Å². The number of aromatic nitrogens is 1. The number of aryl methyl sites for hydroxylation is 1. The number of carbonyl (C=O) groups excluding carboxylic acids is 1. The number of benzene rings is 1. The lowest BCUT2D eigenvalue weighted by molar-refractivity contribution is -0.00606. The van der Waals surface area contributed by atoms with Crippen molar-refractivity contribution in [3.05, 3.63) is 59.9 Å². The van der Waals surface area contributed by atoms with Crippen molar-refractivity contribution in [2.75, 3.05) is 13.1 Å². The zero-order valence-electron chi connectivity index (χ0n) is 16.8. The fourth-order valence-electron chi connectivity index (χ4n) is 4.92. The molecule has 5 nitrogen and oxygen atoms in total. The lowest BCUT2D eigenvalue weighted by Crippen LogP contribution is -2.54. The van der Waals surface area contributed by atoms with E-state index in [1.807, 2.05) is 35.4 Å². The number of ether oxygens (including phenoxy) is 1. The molecule has 3 aliphatic rings. The van der Waals surface area contributed by atoms with Gasteiger partial charge in [0.25, 0.3) is 0 Å². The molecule has 5 rings (SSSR count). The third kappa shape index (κ3) is 3.70. The lowest BCUT2D eigenvalue weighted by atomic mass is 9.78. The fourth-order valence-corrected chi connectivity index (χ4v) is 4.92. The van der Waals surface area contributed by atoms with Crippen LogP contribution in [0.3, 0.4) is 0 Å². The van der Waals surface area contributed by atoms with E-state index < -0.39 is 0 Å². The molecule has 5 heteroatoms. The smallest absolute Gasteiger partial charge is 0.317 e. The third-order valence-electron chi connectivity index (χ3n) is 7.02. The van der Waals surface area contributed by atoms with Crippen LogP contribution in [0, 0.1) is 5.92 Å². The minimum atomic E-state index is -0.112. The molecule has 1 aromatic carbocycles. The second kappa shape index (κ2) is 7.69. The Balaban J connectivity index is 1.22. The highest BCUT2D eigenvalue weighted by Crippen LogP contribution is 2.40. The van der Waals surface area contributed by atoms with E-state index in [1.54, 1.807) is 0 Å². The first-order chi connectivity index (χ1) is 14.2. The molecule has 2 fully saturated rings. The molecular formula is C24H29N3O2. The first-order valence-electron chi connectivity index (χ1n) is 11.0. The molecule has 2 aliphatic heterocycles. The van der Waals surface area contributed by atoms with E-state index in [4.69, 9.17) is 4.74 Å². The summed E-state index contributed by atoms with van der Waals surface area (Å²) in [6.45, 7) is 1.49. The Morgan fingerprint density at radius 2 is 1.90 bits per heavy atom. The van der Waals surface area contributed by atoms with Crippen LogP contribution in [0.5, 0.6) is 5.75 Å². The van der Waals surface area contributed by atoms with E-state index in [0.717, 1.165) is 63.1 Å². The predicted molar refractivity (Wildman–Crippen MR) is 112 cm³/mol. The van der Waals surface area contributed by atoms with Crippen molar-refractivity contribution in [1.29, 1.82) is 0 Å². The number of rotatable bonds is 3. The van der Waals surface area contributed by atoms with Crippen LogP contribution >= 0.6 is 0 Å². The maximum Gasteiger partial charge on any atom is 0.317 e. The number of fused-ring (bicyclic) bond motifs is 1. The van der Waals surface area contributed by atoms with E-state index in [9.17, 15) is 4.79 Å². The molecule has 1 saturated heterocycles. The molecule has 152 valence electrons. The Morgan fingerprint density at radius 3 is 2.62 bits per heavy atom. The predicted octanol–water partition coefficient (Wildman–Crippen LogP) is 4.49. The van der Waals surface area contributed by atoms with Gasteiger partial charge in [-0.05, 0) is 55.4 Å². The molecule has 1 N–H and O–H groups in total. The third-order valence-corrected chi connectivity index (χ3v) is 7.02. The Bertz CT molecular complexity index is 857. The molecule has 1 aromatic heterocycles. The van der Waals surface area contributed by atoms with Crippen molar-refractivity contribution in [3.8, 4) is 5.75 Å². The number of amides is 2. The number of urea groups is 1. The number of hydrogen-bond acceptors (Lipinski definition) is 3. The van der Waals surface area contributed by atoms with Crippen molar-refractivity contribution in [2.45, 2.75) is 56.6 Å². The quantitative estimate of drug-likeness (QED) is 0.839.